The Kier molecular flexibility index (Phi) is 4.77. The van der Waals surface area contributed by atoms with Gasteiger partial charge in [0.15, 0.2) is 0 Å². The van der Waals surface area contributed by atoms with Gasteiger partial charge in [0.05, 0.1) is 0 Å². The van der Waals surface area contributed by atoms with E-state index in [0.717, 1.165) is 26.2 Å². The largest absolute Gasteiger partial charge is 0.330 e. The summed E-state index contributed by atoms with van der Waals surface area (Å²) in [6, 6.07) is 2.20. The monoisotopic (exact) mass is 226 g/mol. The molecule has 0 saturated heterocycles. The Morgan fingerprint density at radius 1 is 1.47 bits per heavy atom. The van der Waals surface area contributed by atoms with E-state index < -0.39 is 0 Å². The maximum Gasteiger partial charge on any atom is 0.0242 e. The fourth-order valence-corrected chi connectivity index (χ4v) is 2.25. The van der Waals surface area contributed by atoms with Crippen LogP contribution in [-0.2, 0) is 6.54 Å². The molecule has 0 aliphatic carbocycles. The van der Waals surface area contributed by atoms with E-state index in [4.69, 9.17) is 5.73 Å². The predicted molar refractivity (Wildman–Crippen MR) is 68.1 cm³/mol. The van der Waals surface area contributed by atoms with Crippen LogP contribution in [0.15, 0.2) is 16.8 Å². The van der Waals surface area contributed by atoms with Gasteiger partial charge < -0.3 is 5.73 Å². The van der Waals surface area contributed by atoms with Crippen molar-refractivity contribution < 1.29 is 0 Å². The Morgan fingerprint density at radius 3 is 2.67 bits per heavy atom. The van der Waals surface area contributed by atoms with Gasteiger partial charge in [0.1, 0.15) is 0 Å². The molecule has 2 N–H and O–H groups in total. The van der Waals surface area contributed by atoms with Crippen molar-refractivity contribution in [1.82, 2.24) is 4.90 Å². The lowest BCUT2D eigenvalue weighted by atomic mass is 9.93. The van der Waals surface area contributed by atoms with Gasteiger partial charge in [-0.3, -0.25) is 4.90 Å². The third-order valence-electron chi connectivity index (χ3n) is 2.64. The van der Waals surface area contributed by atoms with Crippen molar-refractivity contribution in [3.63, 3.8) is 0 Å². The van der Waals surface area contributed by atoms with E-state index in [1.165, 1.54) is 5.56 Å². The number of hydrogen-bond donors (Lipinski definition) is 1. The summed E-state index contributed by atoms with van der Waals surface area (Å²) < 4.78 is 0. The summed E-state index contributed by atoms with van der Waals surface area (Å²) in [7, 11) is 0. The lowest BCUT2D eigenvalue weighted by molar-refractivity contribution is 0.183. The number of rotatable bonds is 6. The first-order chi connectivity index (χ1) is 7.07. The third kappa shape index (κ3) is 4.33. The van der Waals surface area contributed by atoms with Gasteiger partial charge in [-0.15, -0.1) is 0 Å². The molecule has 86 valence electrons. The highest BCUT2D eigenvalue weighted by Gasteiger charge is 2.19. The lowest BCUT2D eigenvalue weighted by Crippen LogP contribution is -2.38. The predicted octanol–water partition coefficient (Wildman–Crippen LogP) is 2.55. The van der Waals surface area contributed by atoms with Crippen molar-refractivity contribution in [3.05, 3.63) is 22.4 Å². The zero-order chi connectivity index (χ0) is 11.3. The highest BCUT2D eigenvalue weighted by Crippen LogP contribution is 2.17. The normalized spacial score (nSPS) is 12.3. The standard InChI is InChI=1S/C12H22N2S/c1-4-14(10-12(2,3)9-13)7-11-5-6-15-8-11/h5-6,8H,4,7,9-10,13H2,1-3H3. The van der Waals surface area contributed by atoms with Crippen LogP contribution in [0.25, 0.3) is 0 Å². The molecule has 0 fully saturated rings. The molecule has 0 aliphatic rings. The van der Waals surface area contributed by atoms with Gasteiger partial charge in [-0.2, -0.15) is 11.3 Å². The first-order valence-corrected chi connectivity index (χ1v) is 6.45. The van der Waals surface area contributed by atoms with Gasteiger partial charge in [0.2, 0.25) is 0 Å². The van der Waals surface area contributed by atoms with E-state index in [9.17, 15) is 0 Å². The van der Waals surface area contributed by atoms with Crippen LogP contribution in [0.2, 0.25) is 0 Å². The second-order valence-electron chi connectivity index (χ2n) is 4.80. The minimum absolute atomic E-state index is 0.214. The molecule has 0 bridgehead atoms. The van der Waals surface area contributed by atoms with Crippen LogP contribution in [0.3, 0.4) is 0 Å². The summed E-state index contributed by atoms with van der Waals surface area (Å²) in [5, 5.41) is 4.36. The summed E-state index contributed by atoms with van der Waals surface area (Å²) >= 11 is 1.76. The van der Waals surface area contributed by atoms with Gasteiger partial charge in [-0.1, -0.05) is 20.8 Å². The molecule has 1 rings (SSSR count). The molecule has 0 atom stereocenters. The quantitative estimate of drug-likeness (QED) is 0.808. The minimum Gasteiger partial charge on any atom is -0.330 e. The summed E-state index contributed by atoms with van der Waals surface area (Å²) in [6.45, 7) is 10.6. The van der Waals surface area contributed by atoms with E-state index in [1.54, 1.807) is 11.3 Å². The Morgan fingerprint density at radius 2 is 2.20 bits per heavy atom. The van der Waals surface area contributed by atoms with Crippen molar-refractivity contribution >= 4 is 11.3 Å². The third-order valence-corrected chi connectivity index (χ3v) is 3.37. The molecular weight excluding hydrogens is 204 g/mol. The number of thiophene rings is 1. The Bertz CT molecular complexity index is 267. The maximum absolute atomic E-state index is 5.76. The van der Waals surface area contributed by atoms with Crippen molar-refractivity contribution in [2.24, 2.45) is 11.1 Å². The maximum atomic E-state index is 5.76. The molecule has 0 spiro atoms. The summed E-state index contributed by atoms with van der Waals surface area (Å²) in [6.07, 6.45) is 0. The lowest BCUT2D eigenvalue weighted by Gasteiger charge is -2.30. The van der Waals surface area contributed by atoms with Crippen LogP contribution in [0, 0.1) is 5.41 Å². The molecule has 1 aromatic heterocycles. The highest BCUT2D eigenvalue weighted by atomic mass is 32.1. The van der Waals surface area contributed by atoms with Gasteiger partial charge in [-0.25, -0.2) is 0 Å². The van der Waals surface area contributed by atoms with E-state index in [2.05, 4.69) is 42.5 Å². The smallest absolute Gasteiger partial charge is 0.0242 e. The second-order valence-corrected chi connectivity index (χ2v) is 5.58. The zero-order valence-electron chi connectivity index (χ0n) is 9.99. The van der Waals surface area contributed by atoms with E-state index in [0.29, 0.717) is 0 Å². The van der Waals surface area contributed by atoms with Gasteiger partial charge in [-0.05, 0) is 40.9 Å². The van der Waals surface area contributed by atoms with E-state index >= 15 is 0 Å². The number of hydrogen-bond acceptors (Lipinski definition) is 3. The van der Waals surface area contributed by atoms with Crippen LogP contribution >= 0.6 is 11.3 Å². The van der Waals surface area contributed by atoms with Crippen LogP contribution in [0.5, 0.6) is 0 Å². The van der Waals surface area contributed by atoms with Crippen molar-refractivity contribution in [3.8, 4) is 0 Å². The fourth-order valence-electron chi connectivity index (χ4n) is 1.59. The molecular formula is C12H22N2S. The SMILES string of the molecule is CCN(Cc1ccsc1)CC(C)(C)CN. The van der Waals surface area contributed by atoms with Crippen molar-refractivity contribution in [1.29, 1.82) is 0 Å². The van der Waals surface area contributed by atoms with Crippen LogP contribution < -0.4 is 5.73 Å². The van der Waals surface area contributed by atoms with Crippen molar-refractivity contribution in [2.75, 3.05) is 19.6 Å². The summed E-state index contributed by atoms with van der Waals surface area (Å²) in [5.41, 5.74) is 7.38. The molecule has 15 heavy (non-hydrogen) atoms. The first-order valence-electron chi connectivity index (χ1n) is 5.51. The first kappa shape index (κ1) is 12.7. The highest BCUT2D eigenvalue weighted by molar-refractivity contribution is 7.07. The second kappa shape index (κ2) is 5.64. The molecule has 0 radical (unpaired) electrons. The minimum atomic E-state index is 0.214. The van der Waals surface area contributed by atoms with Gasteiger partial charge in [0.25, 0.3) is 0 Å². The molecule has 0 aliphatic heterocycles. The van der Waals surface area contributed by atoms with E-state index in [-0.39, 0.29) is 5.41 Å². The van der Waals surface area contributed by atoms with E-state index in [1.807, 2.05) is 0 Å². The molecule has 0 unspecified atom stereocenters. The van der Waals surface area contributed by atoms with Crippen LogP contribution in [0.4, 0.5) is 0 Å². The Labute approximate surface area is 97.1 Å². The topological polar surface area (TPSA) is 29.3 Å². The average molecular weight is 226 g/mol. The van der Waals surface area contributed by atoms with Gasteiger partial charge >= 0.3 is 0 Å². The number of nitrogens with zero attached hydrogens (tertiary/aromatic N) is 1. The van der Waals surface area contributed by atoms with Crippen LogP contribution in [0.1, 0.15) is 26.3 Å². The molecule has 2 nitrogen and oxygen atoms in total. The molecule has 0 amide bonds. The van der Waals surface area contributed by atoms with Gasteiger partial charge in [0, 0.05) is 13.1 Å². The molecule has 0 aromatic carbocycles. The zero-order valence-corrected chi connectivity index (χ0v) is 10.8. The Balaban J connectivity index is 2.50. The fraction of sp³-hybridized carbons (Fsp3) is 0.667. The van der Waals surface area contributed by atoms with Crippen LogP contribution in [-0.4, -0.2) is 24.5 Å². The molecule has 1 aromatic rings. The average Bonchev–Trinajstić information content (AvgIpc) is 2.69. The van der Waals surface area contributed by atoms with Crippen molar-refractivity contribution in [2.45, 2.75) is 27.3 Å². The molecule has 0 saturated carbocycles. The molecule has 3 heteroatoms. The summed E-state index contributed by atoms with van der Waals surface area (Å²) in [5.74, 6) is 0. The Hall–Kier alpha value is -0.380. The number of nitrogens with two attached hydrogens (primary N) is 1. The summed E-state index contributed by atoms with van der Waals surface area (Å²) in [4.78, 5) is 2.45. The molecule has 1 heterocycles.